The number of carboxylic acid groups (broad SMARTS) is 1. The van der Waals surface area contributed by atoms with E-state index < -0.39 is 5.97 Å². The van der Waals surface area contributed by atoms with Crippen LogP contribution in [-0.4, -0.2) is 26.7 Å². The molecule has 34 heavy (non-hydrogen) atoms. The van der Waals surface area contributed by atoms with E-state index in [9.17, 15) is 0 Å². The summed E-state index contributed by atoms with van der Waals surface area (Å²) in [5.74, 6) is 0.707. The minimum absolute atomic E-state index is 0.887. The Hall–Kier alpha value is -3.19. The number of carboxylic acids is 1. The lowest BCUT2D eigenvalue weighted by atomic mass is 10.1. The number of hydrogen-bond acceptors (Lipinski definition) is 6. The SMILES string of the molecule is CC(=O)[O-].CCCCN1/C(=C/c2ccc3cc(OC)ccc3[n+]2CC)Sc2ccc(OC)cc21. The molecular formula is C27H32N2O4S. The first kappa shape index (κ1) is 25.4. The summed E-state index contributed by atoms with van der Waals surface area (Å²) < 4.78 is 13.2. The van der Waals surface area contributed by atoms with Gasteiger partial charge in [0.05, 0.1) is 30.3 Å². The number of nitrogens with zero attached hydrogens (tertiary/aromatic N) is 2. The largest absolute Gasteiger partial charge is 0.550 e. The van der Waals surface area contributed by atoms with Gasteiger partial charge in [-0.2, -0.15) is 4.57 Å². The quantitative estimate of drug-likeness (QED) is 0.460. The molecular weight excluding hydrogens is 448 g/mol. The van der Waals surface area contributed by atoms with Gasteiger partial charge >= 0.3 is 0 Å². The van der Waals surface area contributed by atoms with Crippen LogP contribution in [0, 0.1) is 0 Å². The summed E-state index contributed by atoms with van der Waals surface area (Å²) in [5.41, 5.74) is 3.67. The molecule has 0 fully saturated rings. The average Bonchev–Trinajstić information content (AvgIpc) is 3.17. The zero-order valence-corrected chi connectivity index (χ0v) is 21.3. The van der Waals surface area contributed by atoms with Gasteiger partial charge in [-0.15, -0.1) is 0 Å². The van der Waals surface area contributed by atoms with E-state index >= 15 is 0 Å². The van der Waals surface area contributed by atoms with Crippen molar-refractivity contribution in [1.29, 1.82) is 0 Å². The van der Waals surface area contributed by atoms with Gasteiger partial charge in [0.15, 0.2) is 0 Å². The number of aliphatic carboxylic acids is 1. The number of pyridine rings is 1. The van der Waals surface area contributed by atoms with Crippen molar-refractivity contribution in [3.63, 3.8) is 0 Å². The standard InChI is InChI=1S/C25H29N2O2S.C2H4O2/c1-5-7-14-27-23-17-21(29-4)11-13-24(23)30-25(27)16-19-9-8-18-15-20(28-3)10-12-22(18)26(19)6-2;1-2(3)4/h8-13,15-17H,5-7,14H2,1-4H3;1H3,(H,3,4)/q+1;/p-1. The number of rotatable bonds is 7. The topological polar surface area (TPSA) is 65.7 Å². The molecule has 0 spiro atoms. The Morgan fingerprint density at radius 3 is 2.38 bits per heavy atom. The highest BCUT2D eigenvalue weighted by Crippen LogP contribution is 2.48. The monoisotopic (exact) mass is 480 g/mol. The van der Waals surface area contributed by atoms with Gasteiger partial charge in [0.25, 0.3) is 0 Å². The first-order chi connectivity index (χ1) is 16.4. The number of fused-ring (bicyclic) bond motifs is 2. The Morgan fingerprint density at radius 1 is 1.06 bits per heavy atom. The number of carbonyl (C=O) groups is 1. The molecule has 0 radical (unpaired) electrons. The van der Waals surface area contributed by atoms with Crippen molar-refractivity contribution >= 4 is 40.4 Å². The lowest BCUT2D eigenvalue weighted by Gasteiger charge is -2.20. The van der Waals surface area contributed by atoms with E-state index in [0.29, 0.717) is 0 Å². The van der Waals surface area contributed by atoms with Gasteiger partial charge in [-0.1, -0.05) is 25.1 Å². The van der Waals surface area contributed by atoms with E-state index in [1.54, 1.807) is 14.2 Å². The highest BCUT2D eigenvalue weighted by atomic mass is 32.2. The molecule has 0 amide bonds. The van der Waals surface area contributed by atoms with E-state index in [0.717, 1.165) is 37.9 Å². The predicted octanol–water partition coefficient (Wildman–Crippen LogP) is 4.63. The second-order valence-corrected chi connectivity index (χ2v) is 8.90. The third kappa shape index (κ3) is 5.83. The van der Waals surface area contributed by atoms with Gasteiger partial charge in [0, 0.05) is 41.7 Å². The van der Waals surface area contributed by atoms with Crippen LogP contribution in [0.5, 0.6) is 11.5 Å². The number of thioether (sulfide) groups is 1. The van der Waals surface area contributed by atoms with Crippen LogP contribution in [0.25, 0.3) is 17.0 Å². The predicted molar refractivity (Wildman–Crippen MR) is 136 cm³/mol. The number of hydrogen-bond donors (Lipinski definition) is 0. The third-order valence-electron chi connectivity index (χ3n) is 5.53. The second kappa shape index (κ2) is 11.8. The number of methoxy groups -OCH3 is 2. The number of anilines is 1. The number of aryl methyl sites for hydroxylation is 1. The molecule has 2 heterocycles. The fourth-order valence-corrected chi connectivity index (χ4v) is 5.03. The Balaban J connectivity index is 0.000000751. The molecule has 0 saturated heterocycles. The Bertz CT molecular complexity index is 1190. The second-order valence-electron chi connectivity index (χ2n) is 7.84. The van der Waals surface area contributed by atoms with Crippen LogP contribution in [-0.2, 0) is 11.3 Å². The van der Waals surface area contributed by atoms with Crippen LogP contribution in [0.2, 0.25) is 0 Å². The molecule has 4 rings (SSSR count). The molecule has 6 nitrogen and oxygen atoms in total. The summed E-state index contributed by atoms with van der Waals surface area (Å²) in [6.07, 6.45) is 4.64. The van der Waals surface area contributed by atoms with Crippen molar-refractivity contribution in [2.45, 2.75) is 45.1 Å². The first-order valence-electron chi connectivity index (χ1n) is 11.4. The van der Waals surface area contributed by atoms with Crippen LogP contribution in [0.3, 0.4) is 0 Å². The van der Waals surface area contributed by atoms with Crippen molar-refractivity contribution in [2.75, 3.05) is 25.7 Å². The highest BCUT2D eigenvalue weighted by Gasteiger charge is 2.27. The molecule has 0 atom stereocenters. The van der Waals surface area contributed by atoms with Gasteiger partial charge in [0.1, 0.15) is 18.0 Å². The van der Waals surface area contributed by atoms with Crippen LogP contribution < -0.4 is 24.0 Å². The van der Waals surface area contributed by atoms with Crippen LogP contribution >= 0.6 is 11.8 Å². The summed E-state index contributed by atoms with van der Waals surface area (Å²) >= 11 is 1.84. The molecule has 1 aliphatic heterocycles. The van der Waals surface area contributed by atoms with Crippen molar-refractivity contribution in [2.24, 2.45) is 0 Å². The van der Waals surface area contributed by atoms with Gasteiger partial charge < -0.3 is 24.3 Å². The molecule has 0 N–H and O–H groups in total. The number of carbonyl (C=O) groups excluding carboxylic acids is 1. The summed E-state index contributed by atoms with van der Waals surface area (Å²) in [4.78, 5) is 12.6. The molecule has 0 unspecified atom stereocenters. The molecule has 0 bridgehead atoms. The van der Waals surface area contributed by atoms with E-state index in [1.807, 2.05) is 23.9 Å². The fourth-order valence-electron chi connectivity index (χ4n) is 3.91. The van der Waals surface area contributed by atoms with Crippen LogP contribution in [0.15, 0.2) is 58.5 Å². The summed E-state index contributed by atoms with van der Waals surface area (Å²) in [7, 11) is 3.44. The molecule has 7 heteroatoms. The van der Waals surface area contributed by atoms with E-state index in [4.69, 9.17) is 19.4 Å². The van der Waals surface area contributed by atoms with Crippen molar-refractivity contribution in [3.8, 4) is 11.5 Å². The van der Waals surface area contributed by atoms with Gasteiger partial charge in [0.2, 0.25) is 11.2 Å². The minimum Gasteiger partial charge on any atom is -0.550 e. The Labute approximate surface area is 205 Å². The maximum Gasteiger partial charge on any atom is 0.213 e. The fraction of sp³-hybridized carbons (Fsp3) is 0.333. The molecule has 180 valence electrons. The third-order valence-corrected chi connectivity index (χ3v) is 6.64. The summed E-state index contributed by atoms with van der Waals surface area (Å²) in [6, 6.07) is 17.0. The van der Waals surface area contributed by atoms with Crippen molar-refractivity contribution in [3.05, 3.63) is 59.3 Å². The van der Waals surface area contributed by atoms with Crippen molar-refractivity contribution < 1.29 is 23.9 Å². The van der Waals surface area contributed by atoms with Crippen LogP contribution in [0.1, 0.15) is 39.3 Å². The lowest BCUT2D eigenvalue weighted by Crippen LogP contribution is -2.37. The summed E-state index contributed by atoms with van der Waals surface area (Å²) in [5, 5.41) is 11.3. The van der Waals surface area contributed by atoms with Crippen LogP contribution in [0.4, 0.5) is 5.69 Å². The molecule has 0 saturated carbocycles. The zero-order valence-electron chi connectivity index (χ0n) is 20.5. The molecule has 1 aliphatic rings. The summed E-state index contributed by atoms with van der Waals surface area (Å²) in [6.45, 7) is 7.32. The number of ether oxygens (including phenoxy) is 2. The van der Waals surface area contributed by atoms with E-state index in [-0.39, 0.29) is 0 Å². The molecule has 1 aromatic heterocycles. The number of benzene rings is 2. The Kier molecular flexibility index (Phi) is 8.82. The van der Waals surface area contributed by atoms with E-state index in [1.165, 1.54) is 38.6 Å². The maximum atomic E-state index is 8.89. The minimum atomic E-state index is -1.08. The maximum absolute atomic E-state index is 8.89. The Morgan fingerprint density at radius 2 is 1.74 bits per heavy atom. The highest BCUT2D eigenvalue weighted by molar-refractivity contribution is 8.03. The van der Waals surface area contributed by atoms with Crippen molar-refractivity contribution in [1.82, 2.24) is 0 Å². The lowest BCUT2D eigenvalue weighted by molar-refractivity contribution is -0.669. The normalized spacial score (nSPS) is 13.4. The number of unbranched alkanes of at least 4 members (excludes halogenated alkanes) is 1. The van der Waals surface area contributed by atoms with Gasteiger partial charge in [-0.25, -0.2) is 0 Å². The van der Waals surface area contributed by atoms with Gasteiger partial charge in [-0.3, -0.25) is 0 Å². The average molecular weight is 481 g/mol. The zero-order chi connectivity index (χ0) is 24.7. The first-order valence-corrected chi connectivity index (χ1v) is 12.3. The molecule has 2 aromatic carbocycles. The molecule has 3 aromatic rings. The van der Waals surface area contributed by atoms with Gasteiger partial charge in [-0.05, 0) is 50.6 Å². The smallest absolute Gasteiger partial charge is 0.213 e. The van der Waals surface area contributed by atoms with E-state index in [2.05, 4.69) is 65.8 Å². The number of aromatic nitrogens is 1. The molecule has 0 aliphatic carbocycles.